The van der Waals surface area contributed by atoms with E-state index in [9.17, 15) is 4.79 Å². The van der Waals surface area contributed by atoms with Gasteiger partial charge in [0, 0.05) is 19.0 Å². The molecule has 0 aromatic heterocycles. The van der Waals surface area contributed by atoms with Crippen molar-refractivity contribution in [2.45, 2.75) is 63.8 Å². The van der Waals surface area contributed by atoms with Crippen molar-refractivity contribution in [3.63, 3.8) is 0 Å². The number of carbonyl (C=O) groups is 1. The number of fused-ring (bicyclic) bond motifs is 1. The summed E-state index contributed by atoms with van der Waals surface area (Å²) in [6.45, 7) is 3.06. The lowest BCUT2D eigenvalue weighted by atomic mass is 9.69. The van der Waals surface area contributed by atoms with Crippen LogP contribution in [0, 0.1) is 5.92 Å². The van der Waals surface area contributed by atoms with E-state index in [4.69, 9.17) is 0 Å². The van der Waals surface area contributed by atoms with Crippen molar-refractivity contribution in [3.05, 3.63) is 35.9 Å². The van der Waals surface area contributed by atoms with Gasteiger partial charge in [-0.25, -0.2) is 0 Å². The van der Waals surface area contributed by atoms with Crippen LogP contribution in [0.2, 0.25) is 0 Å². The Bertz CT molecular complexity index is 470. The number of benzene rings is 1. The summed E-state index contributed by atoms with van der Waals surface area (Å²) in [5.74, 6) is 1.72. The second-order valence-electron chi connectivity index (χ2n) is 6.66. The van der Waals surface area contributed by atoms with Gasteiger partial charge < -0.3 is 4.90 Å². The van der Waals surface area contributed by atoms with Crippen molar-refractivity contribution < 1.29 is 4.79 Å². The monoisotopic (exact) mass is 285 g/mol. The normalized spacial score (nSPS) is 29.0. The van der Waals surface area contributed by atoms with E-state index in [2.05, 4.69) is 42.2 Å². The molecule has 0 radical (unpaired) electrons. The molecule has 1 saturated heterocycles. The molecular weight excluding hydrogens is 258 g/mol. The topological polar surface area (TPSA) is 20.3 Å². The first-order valence-electron chi connectivity index (χ1n) is 8.65. The van der Waals surface area contributed by atoms with Crippen molar-refractivity contribution in [3.8, 4) is 0 Å². The highest BCUT2D eigenvalue weighted by Crippen LogP contribution is 2.44. The predicted molar refractivity (Wildman–Crippen MR) is 86.2 cm³/mol. The first kappa shape index (κ1) is 14.6. The molecule has 0 unspecified atom stereocenters. The van der Waals surface area contributed by atoms with Crippen LogP contribution in [0.15, 0.2) is 30.3 Å². The largest absolute Gasteiger partial charge is 0.339 e. The number of piperidine rings is 1. The van der Waals surface area contributed by atoms with Gasteiger partial charge in [-0.2, -0.15) is 0 Å². The fraction of sp³-hybridized carbons (Fsp3) is 0.632. The Morgan fingerprint density at radius 2 is 1.90 bits per heavy atom. The lowest BCUT2D eigenvalue weighted by molar-refractivity contribution is -0.138. The summed E-state index contributed by atoms with van der Waals surface area (Å²) in [7, 11) is 0. The second kappa shape index (κ2) is 6.64. The lowest BCUT2D eigenvalue weighted by Gasteiger charge is -2.48. The molecule has 1 amide bonds. The number of hydrogen-bond acceptors (Lipinski definition) is 1. The van der Waals surface area contributed by atoms with Gasteiger partial charge in [0.05, 0.1) is 0 Å². The van der Waals surface area contributed by atoms with Gasteiger partial charge in [-0.3, -0.25) is 4.79 Å². The Balaban J connectivity index is 1.81. The number of rotatable bonds is 3. The average molecular weight is 285 g/mol. The fourth-order valence-electron chi connectivity index (χ4n) is 4.44. The van der Waals surface area contributed by atoms with Crippen LogP contribution in [0.1, 0.15) is 63.4 Å². The molecule has 1 aliphatic heterocycles. The molecule has 0 bridgehead atoms. The molecule has 2 heteroatoms. The van der Waals surface area contributed by atoms with Crippen molar-refractivity contribution in [1.82, 2.24) is 4.90 Å². The number of carbonyl (C=O) groups excluding carboxylic acids is 1. The predicted octanol–water partition coefficient (Wildman–Crippen LogP) is 4.36. The maximum Gasteiger partial charge on any atom is 0.222 e. The summed E-state index contributed by atoms with van der Waals surface area (Å²) in [5.41, 5.74) is 1.48. The van der Waals surface area contributed by atoms with Gasteiger partial charge in [0.25, 0.3) is 0 Å². The smallest absolute Gasteiger partial charge is 0.222 e. The third-order valence-corrected chi connectivity index (χ3v) is 5.39. The van der Waals surface area contributed by atoms with Gasteiger partial charge in [0.1, 0.15) is 0 Å². The van der Waals surface area contributed by atoms with Crippen molar-refractivity contribution >= 4 is 5.91 Å². The minimum atomic E-state index is 0.390. The van der Waals surface area contributed by atoms with Gasteiger partial charge in [0.2, 0.25) is 5.91 Å². The van der Waals surface area contributed by atoms with E-state index >= 15 is 0 Å². The zero-order valence-corrected chi connectivity index (χ0v) is 13.1. The highest BCUT2D eigenvalue weighted by molar-refractivity contribution is 5.76. The number of amides is 1. The Hall–Kier alpha value is -1.31. The Kier molecular flexibility index (Phi) is 4.62. The molecule has 2 nitrogen and oxygen atoms in total. The van der Waals surface area contributed by atoms with Crippen LogP contribution in [0.25, 0.3) is 0 Å². The molecule has 0 N–H and O–H groups in total. The molecule has 1 aromatic rings. The summed E-state index contributed by atoms with van der Waals surface area (Å²) in [6, 6.07) is 11.5. The first-order chi connectivity index (χ1) is 10.3. The van der Waals surface area contributed by atoms with Crippen LogP contribution in [0.3, 0.4) is 0 Å². The first-order valence-corrected chi connectivity index (χ1v) is 8.65. The minimum Gasteiger partial charge on any atom is -0.339 e. The third-order valence-electron chi connectivity index (χ3n) is 5.39. The zero-order valence-electron chi connectivity index (χ0n) is 13.1. The van der Waals surface area contributed by atoms with E-state index in [1.54, 1.807) is 0 Å². The van der Waals surface area contributed by atoms with E-state index in [0.29, 0.717) is 23.8 Å². The second-order valence-corrected chi connectivity index (χ2v) is 6.66. The van der Waals surface area contributed by atoms with Crippen LogP contribution in [0.5, 0.6) is 0 Å². The van der Waals surface area contributed by atoms with Crippen molar-refractivity contribution in [2.24, 2.45) is 5.92 Å². The number of hydrogen-bond donors (Lipinski definition) is 0. The molecule has 1 saturated carbocycles. The molecule has 2 fully saturated rings. The van der Waals surface area contributed by atoms with Gasteiger partial charge >= 0.3 is 0 Å². The average Bonchev–Trinajstić information content (AvgIpc) is 2.55. The van der Waals surface area contributed by atoms with E-state index in [1.807, 2.05) is 0 Å². The SMILES string of the molecule is CCCC(=O)N1CC[C@@H](c2ccccc2)[C@@H]2CCCC[C@@H]21. The zero-order chi connectivity index (χ0) is 14.7. The van der Waals surface area contributed by atoms with Gasteiger partial charge in [0.15, 0.2) is 0 Å². The molecule has 3 rings (SSSR count). The summed E-state index contributed by atoms with van der Waals surface area (Å²) in [6.07, 6.45) is 7.96. The Morgan fingerprint density at radius 3 is 2.67 bits per heavy atom. The molecular formula is C19H27NO. The van der Waals surface area contributed by atoms with Crippen LogP contribution in [-0.2, 0) is 4.79 Å². The van der Waals surface area contributed by atoms with Crippen LogP contribution in [0.4, 0.5) is 0 Å². The molecule has 114 valence electrons. The molecule has 3 atom stereocenters. The standard InChI is InChI=1S/C19H27NO/c1-2-8-19(21)20-14-13-16(15-9-4-3-5-10-15)17-11-6-7-12-18(17)20/h3-5,9-10,16-18H,2,6-8,11-14H2,1H3/t16-,17-,18-/m0/s1. The summed E-state index contributed by atoms with van der Waals surface area (Å²) < 4.78 is 0. The highest BCUT2D eigenvalue weighted by Gasteiger charge is 2.41. The van der Waals surface area contributed by atoms with Gasteiger partial charge in [-0.05, 0) is 43.1 Å². The molecule has 0 spiro atoms. The van der Waals surface area contributed by atoms with Crippen LogP contribution >= 0.6 is 0 Å². The van der Waals surface area contributed by atoms with Gasteiger partial charge in [-0.15, -0.1) is 0 Å². The Labute approximate surface area is 128 Å². The molecule has 2 aliphatic rings. The molecule has 1 heterocycles. The maximum absolute atomic E-state index is 12.4. The van der Waals surface area contributed by atoms with Crippen molar-refractivity contribution in [2.75, 3.05) is 6.54 Å². The highest BCUT2D eigenvalue weighted by atomic mass is 16.2. The quantitative estimate of drug-likeness (QED) is 0.808. The molecule has 1 aliphatic carbocycles. The van der Waals surface area contributed by atoms with Crippen LogP contribution in [-0.4, -0.2) is 23.4 Å². The van der Waals surface area contributed by atoms with Crippen molar-refractivity contribution in [1.29, 1.82) is 0 Å². The minimum absolute atomic E-state index is 0.390. The maximum atomic E-state index is 12.4. The lowest BCUT2D eigenvalue weighted by Crippen LogP contribution is -2.52. The van der Waals surface area contributed by atoms with E-state index < -0.39 is 0 Å². The third kappa shape index (κ3) is 3.00. The summed E-state index contributed by atoms with van der Waals surface area (Å²) in [5, 5.41) is 0. The fourth-order valence-corrected chi connectivity index (χ4v) is 4.44. The van der Waals surface area contributed by atoms with E-state index in [-0.39, 0.29) is 0 Å². The number of nitrogens with zero attached hydrogens (tertiary/aromatic N) is 1. The Morgan fingerprint density at radius 1 is 1.14 bits per heavy atom. The van der Waals surface area contributed by atoms with Crippen LogP contribution < -0.4 is 0 Å². The molecule has 21 heavy (non-hydrogen) atoms. The summed E-state index contributed by atoms with van der Waals surface area (Å²) >= 11 is 0. The van der Waals surface area contributed by atoms with E-state index in [1.165, 1.54) is 31.2 Å². The van der Waals surface area contributed by atoms with E-state index in [0.717, 1.165) is 25.8 Å². The van der Waals surface area contributed by atoms with Gasteiger partial charge in [-0.1, -0.05) is 50.1 Å². The summed E-state index contributed by atoms with van der Waals surface area (Å²) in [4.78, 5) is 14.7. The molecule has 1 aromatic carbocycles. The number of likely N-dealkylation sites (tertiary alicyclic amines) is 1.